The van der Waals surface area contributed by atoms with Gasteiger partial charge in [-0.2, -0.15) is 5.10 Å². The van der Waals surface area contributed by atoms with Crippen molar-refractivity contribution in [3.05, 3.63) is 47.8 Å². The molecule has 34 heavy (non-hydrogen) atoms. The fraction of sp³-hybridized carbons (Fsp3) is 0.400. The van der Waals surface area contributed by atoms with Gasteiger partial charge in [-0.05, 0) is 36.4 Å². The summed E-state index contributed by atoms with van der Waals surface area (Å²) in [4.78, 5) is 22.1. The molecule has 3 aliphatic heterocycles. The van der Waals surface area contributed by atoms with Gasteiger partial charge in [0.25, 0.3) is 5.91 Å². The predicted molar refractivity (Wildman–Crippen MR) is 131 cm³/mol. The number of benzene rings is 1. The minimum absolute atomic E-state index is 0.0796. The van der Waals surface area contributed by atoms with Gasteiger partial charge < -0.3 is 25.2 Å². The average Bonchev–Trinajstić information content (AvgIpc) is 3.44. The number of likely N-dealkylation sites (N-methyl/N-ethyl adjacent to an activating group) is 1. The number of rotatable bonds is 4. The first-order valence-electron chi connectivity index (χ1n) is 11.9. The van der Waals surface area contributed by atoms with Crippen molar-refractivity contribution in [2.24, 2.45) is 5.92 Å². The molecule has 6 rings (SSSR count). The molecular weight excluding hydrogens is 430 g/mol. The van der Waals surface area contributed by atoms with Crippen molar-refractivity contribution in [1.82, 2.24) is 25.0 Å². The van der Waals surface area contributed by atoms with Crippen LogP contribution in [0.1, 0.15) is 22.8 Å². The number of hydrogen-bond donors (Lipinski definition) is 2. The fourth-order valence-electron chi connectivity index (χ4n) is 4.96. The van der Waals surface area contributed by atoms with E-state index >= 15 is 0 Å². The molecular formula is C25H29N7O2. The van der Waals surface area contributed by atoms with Gasteiger partial charge in [0.05, 0.1) is 48.0 Å². The van der Waals surface area contributed by atoms with Gasteiger partial charge in [0.15, 0.2) is 0 Å². The number of carbonyl (C=O) groups is 1. The highest BCUT2D eigenvalue weighted by Gasteiger charge is 2.29. The van der Waals surface area contributed by atoms with Crippen LogP contribution in [0.5, 0.6) is 5.88 Å². The molecule has 1 unspecified atom stereocenters. The third-order valence-corrected chi connectivity index (χ3v) is 6.92. The smallest absolute Gasteiger partial charge is 0.254 e. The summed E-state index contributed by atoms with van der Waals surface area (Å²) in [6.07, 6.45) is 3.75. The van der Waals surface area contributed by atoms with Crippen molar-refractivity contribution in [1.29, 1.82) is 0 Å². The second-order valence-electron chi connectivity index (χ2n) is 9.48. The number of amides is 1. The van der Waals surface area contributed by atoms with E-state index in [1.807, 2.05) is 35.3 Å². The van der Waals surface area contributed by atoms with Crippen LogP contribution in [-0.2, 0) is 13.1 Å². The molecule has 2 aromatic heterocycles. The number of nitrogens with zero attached hydrogens (tertiary/aromatic N) is 5. The maximum Gasteiger partial charge on any atom is 0.254 e. The Balaban J connectivity index is 1.28. The number of nitrogens with one attached hydrogen (secondary N) is 2. The van der Waals surface area contributed by atoms with Crippen LogP contribution in [0.25, 0.3) is 11.1 Å². The van der Waals surface area contributed by atoms with Crippen LogP contribution in [0.4, 0.5) is 17.2 Å². The topological polar surface area (TPSA) is 87.6 Å². The Morgan fingerprint density at radius 2 is 1.94 bits per heavy atom. The van der Waals surface area contributed by atoms with Gasteiger partial charge >= 0.3 is 0 Å². The van der Waals surface area contributed by atoms with E-state index in [0.29, 0.717) is 30.5 Å². The maximum absolute atomic E-state index is 12.8. The number of pyridine rings is 1. The third kappa shape index (κ3) is 3.66. The molecule has 1 amide bonds. The third-order valence-electron chi connectivity index (χ3n) is 6.92. The molecule has 5 heterocycles. The van der Waals surface area contributed by atoms with Gasteiger partial charge in [0, 0.05) is 38.6 Å². The summed E-state index contributed by atoms with van der Waals surface area (Å²) in [7, 11) is 2.15. The van der Waals surface area contributed by atoms with Crippen LogP contribution in [0.15, 0.2) is 36.7 Å². The van der Waals surface area contributed by atoms with E-state index in [2.05, 4.69) is 50.6 Å². The molecule has 3 aliphatic rings. The van der Waals surface area contributed by atoms with Gasteiger partial charge in [0.2, 0.25) is 5.88 Å². The quantitative estimate of drug-likeness (QED) is 0.620. The second kappa shape index (κ2) is 8.32. The molecule has 0 bridgehead atoms. The summed E-state index contributed by atoms with van der Waals surface area (Å²) in [5, 5.41) is 10.9. The number of ether oxygens (including phenoxy) is 1. The minimum atomic E-state index is -0.0796. The van der Waals surface area contributed by atoms with Crippen molar-refractivity contribution < 1.29 is 9.53 Å². The number of piperazine rings is 1. The Morgan fingerprint density at radius 1 is 1.09 bits per heavy atom. The van der Waals surface area contributed by atoms with Crippen LogP contribution in [0.2, 0.25) is 0 Å². The van der Waals surface area contributed by atoms with E-state index in [1.165, 1.54) is 0 Å². The Hall–Kier alpha value is -3.59. The maximum atomic E-state index is 12.8. The lowest BCUT2D eigenvalue weighted by Crippen LogP contribution is -2.44. The van der Waals surface area contributed by atoms with Crippen molar-refractivity contribution in [2.45, 2.75) is 20.0 Å². The normalized spacial score (nSPS) is 19.9. The SMILES string of the molecule is CC1COc2c(-c3ccc(Nc4ccc(N5CCN(C)CC5)cn4)c4c3CNC4=O)cnn2C1. The van der Waals surface area contributed by atoms with Crippen LogP contribution in [-0.4, -0.2) is 65.4 Å². The molecule has 3 aromatic rings. The monoisotopic (exact) mass is 459 g/mol. The summed E-state index contributed by atoms with van der Waals surface area (Å²) in [5.41, 5.74) is 5.41. The first-order valence-corrected chi connectivity index (χ1v) is 11.9. The summed E-state index contributed by atoms with van der Waals surface area (Å²) >= 11 is 0. The zero-order valence-corrected chi connectivity index (χ0v) is 19.5. The standard InChI is InChI=1S/C25H29N7O2/c1-16-14-32-25(34-15-16)20(13-28-32)18-4-5-21(23-19(18)12-27-24(23)33)29-22-6-3-17(11-26-22)31-9-7-30(2)8-10-31/h3-6,11,13,16H,7-10,12,14-15H2,1-2H3,(H,26,29)(H,27,33). The lowest BCUT2D eigenvalue weighted by Gasteiger charge is -2.33. The highest BCUT2D eigenvalue weighted by atomic mass is 16.5. The molecule has 1 saturated heterocycles. The minimum Gasteiger partial charge on any atom is -0.477 e. The van der Waals surface area contributed by atoms with Crippen molar-refractivity contribution in [3.8, 4) is 17.0 Å². The largest absolute Gasteiger partial charge is 0.477 e. The average molecular weight is 460 g/mol. The number of aromatic nitrogens is 3. The van der Waals surface area contributed by atoms with E-state index in [4.69, 9.17) is 4.74 Å². The van der Waals surface area contributed by atoms with Crippen molar-refractivity contribution in [2.75, 3.05) is 50.1 Å². The van der Waals surface area contributed by atoms with Crippen LogP contribution < -0.4 is 20.3 Å². The molecule has 0 radical (unpaired) electrons. The number of anilines is 3. The van der Waals surface area contributed by atoms with Gasteiger partial charge in [-0.3, -0.25) is 4.79 Å². The van der Waals surface area contributed by atoms with E-state index < -0.39 is 0 Å². The first kappa shape index (κ1) is 21.0. The van der Waals surface area contributed by atoms with Gasteiger partial charge in [-0.25, -0.2) is 9.67 Å². The fourth-order valence-corrected chi connectivity index (χ4v) is 4.96. The van der Waals surface area contributed by atoms with E-state index in [1.54, 1.807) is 0 Å². The van der Waals surface area contributed by atoms with Gasteiger partial charge in [0.1, 0.15) is 5.82 Å². The van der Waals surface area contributed by atoms with Gasteiger partial charge in [-0.1, -0.05) is 13.0 Å². The summed E-state index contributed by atoms with van der Waals surface area (Å²) in [6, 6.07) is 8.06. The molecule has 1 fully saturated rings. The molecule has 0 saturated carbocycles. The molecule has 176 valence electrons. The first-order chi connectivity index (χ1) is 16.6. The zero-order valence-electron chi connectivity index (χ0n) is 19.5. The van der Waals surface area contributed by atoms with Crippen LogP contribution in [0.3, 0.4) is 0 Å². The zero-order chi connectivity index (χ0) is 23.2. The van der Waals surface area contributed by atoms with Crippen LogP contribution in [0, 0.1) is 5.92 Å². The number of hydrogen-bond acceptors (Lipinski definition) is 7. The molecule has 0 spiro atoms. The highest BCUT2D eigenvalue weighted by Crippen LogP contribution is 2.40. The van der Waals surface area contributed by atoms with E-state index in [9.17, 15) is 4.79 Å². The second-order valence-corrected chi connectivity index (χ2v) is 9.48. The Kier molecular flexibility index (Phi) is 5.13. The Morgan fingerprint density at radius 3 is 2.74 bits per heavy atom. The lowest BCUT2D eigenvalue weighted by molar-refractivity contribution is 0.0966. The predicted octanol–water partition coefficient (Wildman–Crippen LogP) is 2.71. The summed E-state index contributed by atoms with van der Waals surface area (Å²) in [6.45, 7) is 8.25. The summed E-state index contributed by atoms with van der Waals surface area (Å²) < 4.78 is 7.92. The Bertz CT molecular complexity index is 1230. The van der Waals surface area contributed by atoms with E-state index in [-0.39, 0.29) is 5.91 Å². The highest BCUT2D eigenvalue weighted by molar-refractivity contribution is 6.06. The molecule has 0 aliphatic carbocycles. The van der Waals surface area contributed by atoms with Gasteiger partial charge in [-0.15, -0.1) is 0 Å². The van der Waals surface area contributed by atoms with E-state index in [0.717, 1.165) is 66.7 Å². The molecule has 9 nitrogen and oxygen atoms in total. The molecule has 9 heteroatoms. The molecule has 1 atom stereocenters. The summed E-state index contributed by atoms with van der Waals surface area (Å²) in [5.74, 6) is 1.84. The van der Waals surface area contributed by atoms with Crippen LogP contribution >= 0.6 is 0 Å². The number of carbonyl (C=O) groups excluding carboxylic acids is 1. The molecule has 1 aromatic carbocycles. The molecule has 2 N–H and O–H groups in total. The number of fused-ring (bicyclic) bond motifs is 2. The van der Waals surface area contributed by atoms with Crippen molar-refractivity contribution >= 4 is 23.1 Å². The van der Waals surface area contributed by atoms with Crippen molar-refractivity contribution in [3.63, 3.8) is 0 Å². The Labute approximate surface area is 198 Å². The lowest BCUT2D eigenvalue weighted by atomic mass is 9.97.